The molecule has 2 aliphatic rings. The molecule has 130 valence electrons. The maximum atomic E-state index is 12.6. The largest absolute Gasteiger partial charge is 0.378 e. The molecule has 4 heterocycles. The van der Waals surface area contributed by atoms with Gasteiger partial charge in [0.1, 0.15) is 11.5 Å². The molecule has 2 aromatic heterocycles. The molecule has 1 saturated heterocycles. The number of amides is 2. The first kappa shape index (κ1) is 15.8. The van der Waals surface area contributed by atoms with E-state index in [9.17, 15) is 9.59 Å². The smallest absolute Gasteiger partial charge is 0.274 e. The Morgan fingerprint density at radius 3 is 2.64 bits per heavy atom. The fraction of sp³-hybridized carbons (Fsp3) is 0.412. The molecule has 4 rings (SSSR count). The van der Waals surface area contributed by atoms with Gasteiger partial charge in [0.05, 0.1) is 25.3 Å². The molecule has 2 amide bonds. The predicted molar refractivity (Wildman–Crippen MR) is 87.9 cm³/mol. The quantitative estimate of drug-likeness (QED) is 0.790. The highest BCUT2D eigenvalue weighted by Gasteiger charge is 2.27. The minimum atomic E-state index is -0.0738. The van der Waals surface area contributed by atoms with Crippen molar-refractivity contribution >= 4 is 11.8 Å². The molecule has 0 spiro atoms. The third-order valence-electron chi connectivity index (χ3n) is 4.52. The van der Waals surface area contributed by atoms with Gasteiger partial charge in [-0.25, -0.2) is 4.98 Å². The zero-order valence-electron chi connectivity index (χ0n) is 13.8. The van der Waals surface area contributed by atoms with E-state index in [1.807, 2.05) is 4.57 Å². The summed E-state index contributed by atoms with van der Waals surface area (Å²) in [5.74, 6) is 0.596. The lowest BCUT2D eigenvalue weighted by Gasteiger charge is -2.27. The minimum absolute atomic E-state index is 0.0663. The monoisotopic (exact) mass is 341 g/mol. The first-order valence-electron chi connectivity index (χ1n) is 8.35. The molecule has 0 bridgehead atoms. The molecule has 0 atom stereocenters. The van der Waals surface area contributed by atoms with Crippen LogP contribution in [0, 0.1) is 0 Å². The van der Waals surface area contributed by atoms with Gasteiger partial charge in [-0.15, -0.1) is 0 Å². The Bertz CT molecular complexity index is 783. The van der Waals surface area contributed by atoms with Crippen molar-refractivity contribution in [2.75, 3.05) is 32.8 Å². The van der Waals surface area contributed by atoms with Crippen LogP contribution in [0.2, 0.25) is 0 Å². The van der Waals surface area contributed by atoms with E-state index in [-0.39, 0.29) is 11.8 Å². The van der Waals surface area contributed by atoms with Gasteiger partial charge in [0.15, 0.2) is 0 Å². The predicted octanol–water partition coefficient (Wildman–Crippen LogP) is 0.407. The number of imidazole rings is 1. The minimum Gasteiger partial charge on any atom is -0.378 e. The number of hydrogen-bond acceptors (Lipinski definition) is 5. The van der Waals surface area contributed by atoms with Crippen molar-refractivity contribution < 1.29 is 14.3 Å². The van der Waals surface area contributed by atoms with Crippen LogP contribution in [0.1, 0.15) is 26.7 Å². The Hall–Kier alpha value is -2.74. The molecule has 1 fully saturated rings. The molecule has 0 radical (unpaired) electrons. The van der Waals surface area contributed by atoms with E-state index in [1.54, 1.807) is 40.5 Å². The Labute approximate surface area is 145 Å². The van der Waals surface area contributed by atoms with Crippen molar-refractivity contribution in [3.63, 3.8) is 0 Å². The summed E-state index contributed by atoms with van der Waals surface area (Å²) in [4.78, 5) is 37.1. The molecule has 0 saturated carbocycles. The van der Waals surface area contributed by atoms with Crippen LogP contribution in [0.25, 0.3) is 0 Å². The summed E-state index contributed by atoms with van der Waals surface area (Å²) in [7, 11) is 0. The highest BCUT2D eigenvalue weighted by molar-refractivity contribution is 5.94. The van der Waals surface area contributed by atoms with Crippen LogP contribution >= 0.6 is 0 Å². The van der Waals surface area contributed by atoms with Crippen molar-refractivity contribution in [3.8, 4) is 0 Å². The number of ether oxygens (including phenoxy) is 1. The summed E-state index contributed by atoms with van der Waals surface area (Å²) in [5, 5.41) is 0. The third-order valence-corrected chi connectivity index (χ3v) is 4.52. The van der Waals surface area contributed by atoms with E-state index in [4.69, 9.17) is 4.74 Å². The van der Waals surface area contributed by atoms with E-state index in [1.165, 1.54) is 0 Å². The van der Waals surface area contributed by atoms with Crippen molar-refractivity contribution in [2.45, 2.75) is 13.1 Å². The number of hydrogen-bond donors (Lipinski definition) is 0. The highest BCUT2D eigenvalue weighted by Crippen LogP contribution is 2.17. The van der Waals surface area contributed by atoms with Gasteiger partial charge < -0.3 is 19.1 Å². The van der Waals surface area contributed by atoms with Crippen LogP contribution < -0.4 is 0 Å². The number of rotatable bonds is 2. The van der Waals surface area contributed by atoms with Gasteiger partial charge in [-0.1, -0.05) is 0 Å². The number of aromatic nitrogens is 3. The van der Waals surface area contributed by atoms with E-state index in [2.05, 4.69) is 9.97 Å². The Morgan fingerprint density at radius 1 is 1.04 bits per heavy atom. The summed E-state index contributed by atoms with van der Waals surface area (Å²) in [5.41, 5.74) is 1.000. The lowest BCUT2D eigenvalue weighted by molar-refractivity contribution is 0.0299. The molecule has 25 heavy (non-hydrogen) atoms. The lowest BCUT2D eigenvalue weighted by Crippen LogP contribution is -2.40. The number of morpholine rings is 1. The summed E-state index contributed by atoms with van der Waals surface area (Å²) < 4.78 is 7.24. The van der Waals surface area contributed by atoms with E-state index in [0.29, 0.717) is 57.2 Å². The molecular formula is C17H19N5O3. The number of carbonyl (C=O) groups excluding carboxylic acids is 2. The van der Waals surface area contributed by atoms with E-state index in [0.717, 1.165) is 5.82 Å². The third kappa shape index (κ3) is 3.12. The lowest BCUT2D eigenvalue weighted by atomic mass is 10.2. The number of fused-ring (bicyclic) bond motifs is 1. The topological polar surface area (TPSA) is 80.6 Å². The van der Waals surface area contributed by atoms with Crippen LogP contribution in [0.3, 0.4) is 0 Å². The second-order valence-electron chi connectivity index (χ2n) is 6.11. The SMILES string of the molecule is O=C(c1cccnc1)N1CCn2cc(C(=O)N3CCOCC3)nc2C1. The van der Waals surface area contributed by atoms with Crippen molar-refractivity contribution in [3.05, 3.63) is 47.8 Å². The molecule has 8 nitrogen and oxygen atoms in total. The first-order chi connectivity index (χ1) is 12.2. The van der Waals surface area contributed by atoms with Crippen molar-refractivity contribution in [1.82, 2.24) is 24.3 Å². The van der Waals surface area contributed by atoms with Gasteiger partial charge in [-0.2, -0.15) is 0 Å². The van der Waals surface area contributed by atoms with Crippen molar-refractivity contribution in [1.29, 1.82) is 0 Å². The average Bonchev–Trinajstić information content (AvgIpc) is 3.11. The molecule has 8 heteroatoms. The summed E-state index contributed by atoms with van der Waals surface area (Å²) in [6.45, 7) is 3.91. The average molecular weight is 341 g/mol. The summed E-state index contributed by atoms with van der Waals surface area (Å²) in [6, 6.07) is 3.50. The number of nitrogens with zero attached hydrogens (tertiary/aromatic N) is 5. The molecule has 2 aromatic rings. The Balaban J connectivity index is 1.49. The van der Waals surface area contributed by atoms with Gasteiger partial charge in [-0.05, 0) is 12.1 Å². The normalized spacial score (nSPS) is 17.3. The zero-order valence-corrected chi connectivity index (χ0v) is 13.8. The van der Waals surface area contributed by atoms with E-state index >= 15 is 0 Å². The second-order valence-corrected chi connectivity index (χ2v) is 6.11. The van der Waals surface area contributed by atoms with Crippen LogP contribution in [0.5, 0.6) is 0 Å². The number of carbonyl (C=O) groups is 2. The Kier molecular flexibility index (Phi) is 4.19. The fourth-order valence-electron chi connectivity index (χ4n) is 3.13. The second kappa shape index (κ2) is 6.64. The molecule has 0 N–H and O–H groups in total. The molecular weight excluding hydrogens is 322 g/mol. The molecule has 2 aliphatic heterocycles. The van der Waals surface area contributed by atoms with Gasteiger partial charge in [0.2, 0.25) is 0 Å². The molecule has 0 aliphatic carbocycles. The van der Waals surface area contributed by atoms with Gasteiger partial charge >= 0.3 is 0 Å². The van der Waals surface area contributed by atoms with Crippen LogP contribution in [0.15, 0.2) is 30.7 Å². The maximum absolute atomic E-state index is 12.6. The standard InChI is InChI=1S/C17H19N5O3/c23-16(13-2-1-3-18-10-13)22-5-4-21-11-14(19-15(21)12-22)17(24)20-6-8-25-9-7-20/h1-3,10-11H,4-9,12H2. The summed E-state index contributed by atoms with van der Waals surface area (Å²) >= 11 is 0. The zero-order chi connectivity index (χ0) is 17.2. The van der Waals surface area contributed by atoms with Gasteiger partial charge in [0.25, 0.3) is 11.8 Å². The first-order valence-corrected chi connectivity index (χ1v) is 8.35. The molecule has 0 aromatic carbocycles. The van der Waals surface area contributed by atoms with Crippen molar-refractivity contribution in [2.24, 2.45) is 0 Å². The number of pyridine rings is 1. The maximum Gasteiger partial charge on any atom is 0.274 e. The van der Waals surface area contributed by atoms with Gasteiger partial charge in [0, 0.05) is 44.8 Å². The van der Waals surface area contributed by atoms with Gasteiger partial charge in [-0.3, -0.25) is 14.6 Å². The molecule has 0 unspecified atom stereocenters. The highest BCUT2D eigenvalue weighted by atomic mass is 16.5. The summed E-state index contributed by atoms with van der Waals surface area (Å²) in [6.07, 6.45) is 5.00. The van der Waals surface area contributed by atoms with Crippen LogP contribution in [-0.4, -0.2) is 69.0 Å². The van der Waals surface area contributed by atoms with Crippen LogP contribution in [-0.2, 0) is 17.8 Å². The fourth-order valence-corrected chi connectivity index (χ4v) is 3.13. The Morgan fingerprint density at radius 2 is 1.88 bits per heavy atom. The van der Waals surface area contributed by atoms with E-state index < -0.39 is 0 Å². The van der Waals surface area contributed by atoms with Crippen LogP contribution in [0.4, 0.5) is 0 Å².